The van der Waals surface area contributed by atoms with Gasteiger partial charge in [-0.15, -0.1) is 0 Å². The molecule has 0 heterocycles. The van der Waals surface area contributed by atoms with Gasteiger partial charge < -0.3 is 15.8 Å². The van der Waals surface area contributed by atoms with E-state index in [2.05, 4.69) is 10.1 Å². The first-order valence-corrected chi connectivity index (χ1v) is 5.48. The highest BCUT2D eigenvalue weighted by Gasteiger charge is 2.09. The van der Waals surface area contributed by atoms with Gasteiger partial charge in [-0.1, -0.05) is 18.2 Å². The number of carbonyl (C=O) groups is 1. The summed E-state index contributed by atoms with van der Waals surface area (Å²) in [7, 11) is 3.25. The van der Waals surface area contributed by atoms with E-state index in [1.165, 1.54) is 7.11 Å². The lowest BCUT2D eigenvalue weighted by Gasteiger charge is -2.04. The summed E-state index contributed by atoms with van der Waals surface area (Å²) < 4.78 is 4.66. The number of nitrogens with two attached hydrogens (primary N) is 1. The Morgan fingerprint density at radius 3 is 2.94 bits per heavy atom. The van der Waals surface area contributed by atoms with Crippen LogP contribution in [0, 0.1) is 0 Å². The zero-order valence-electron chi connectivity index (χ0n) is 10.2. The van der Waals surface area contributed by atoms with Crippen molar-refractivity contribution in [2.45, 2.75) is 6.42 Å². The molecule has 1 rings (SSSR count). The van der Waals surface area contributed by atoms with Crippen molar-refractivity contribution in [1.82, 2.24) is 5.32 Å². The monoisotopic (exact) mass is 234 g/mol. The van der Waals surface area contributed by atoms with E-state index in [0.717, 1.165) is 18.5 Å². The molecule has 4 nitrogen and oxygen atoms in total. The van der Waals surface area contributed by atoms with Gasteiger partial charge in [0.2, 0.25) is 0 Å². The van der Waals surface area contributed by atoms with Crippen molar-refractivity contribution in [3.8, 4) is 0 Å². The number of hydrogen-bond acceptors (Lipinski definition) is 4. The second-order valence-electron chi connectivity index (χ2n) is 3.63. The van der Waals surface area contributed by atoms with Crippen molar-refractivity contribution in [3.05, 3.63) is 35.4 Å². The van der Waals surface area contributed by atoms with E-state index in [-0.39, 0.29) is 0 Å². The molecule has 0 radical (unpaired) electrons. The number of nitrogens with one attached hydrogen (secondary N) is 1. The Bertz CT molecular complexity index is 414. The van der Waals surface area contributed by atoms with Crippen molar-refractivity contribution in [1.29, 1.82) is 0 Å². The standard InChI is InChI=1S/C13H18N2O2/c1-15-8-4-3-5-10-6-7-12(14)11(9-10)13(16)17-2/h3,5-7,9,15H,4,8,14H2,1-2H3. The summed E-state index contributed by atoms with van der Waals surface area (Å²) in [5, 5.41) is 3.06. The number of ether oxygens (including phenoxy) is 1. The molecule has 17 heavy (non-hydrogen) atoms. The number of methoxy groups -OCH3 is 1. The third-order valence-corrected chi connectivity index (χ3v) is 2.35. The fourth-order valence-corrected chi connectivity index (χ4v) is 1.41. The Labute approximate surface area is 101 Å². The minimum Gasteiger partial charge on any atom is -0.465 e. The lowest BCUT2D eigenvalue weighted by molar-refractivity contribution is 0.0602. The van der Waals surface area contributed by atoms with Crippen LogP contribution in [0.15, 0.2) is 24.3 Å². The van der Waals surface area contributed by atoms with E-state index in [1.807, 2.05) is 25.3 Å². The van der Waals surface area contributed by atoms with Crippen LogP contribution in [-0.4, -0.2) is 26.7 Å². The van der Waals surface area contributed by atoms with E-state index >= 15 is 0 Å². The quantitative estimate of drug-likeness (QED) is 0.462. The van der Waals surface area contributed by atoms with Crippen LogP contribution in [0.3, 0.4) is 0 Å². The number of nitrogen functional groups attached to an aromatic ring is 1. The second-order valence-corrected chi connectivity index (χ2v) is 3.63. The number of carbonyl (C=O) groups excluding carboxylic acids is 1. The molecule has 0 unspecified atom stereocenters. The van der Waals surface area contributed by atoms with E-state index in [4.69, 9.17) is 5.73 Å². The van der Waals surface area contributed by atoms with Gasteiger partial charge in [-0.3, -0.25) is 0 Å². The van der Waals surface area contributed by atoms with Crippen LogP contribution in [0.5, 0.6) is 0 Å². The average Bonchev–Trinajstić information content (AvgIpc) is 2.35. The van der Waals surface area contributed by atoms with E-state index < -0.39 is 5.97 Å². The third-order valence-electron chi connectivity index (χ3n) is 2.35. The predicted molar refractivity (Wildman–Crippen MR) is 69.8 cm³/mol. The van der Waals surface area contributed by atoms with Crippen molar-refractivity contribution < 1.29 is 9.53 Å². The Kier molecular flexibility index (Phi) is 5.23. The highest BCUT2D eigenvalue weighted by Crippen LogP contribution is 2.16. The number of hydrogen-bond donors (Lipinski definition) is 2. The molecule has 4 heteroatoms. The molecule has 0 aliphatic heterocycles. The van der Waals surface area contributed by atoms with Crippen LogP contribution in [0.2, 0.25) is 0 Å². The lowest BCUT2D eigenvalue weighted by Crippen LogP contribution is -2.06. The Morgan fingerprint density at radius 1 is 1.53 bits per heavy atom. The molecule has 0 bridgehead atoms. The molecule has 0 amide bonds. The van der Waals surface area contributed by atoms with Crippen LogP contribution < -0.4 is 11.1 Å². The van der Waals surface area contributed by atoms with Crippen molar-refractivity contribution in [2.24, 2.45) is 0 Å². The van der Waals surface area contributed by atoms with E-state index in [1.54, 1.807) is 12.1 Å². The first-order chi connectivity index (χ1) is 8.19. The molecule has 0 aliphatic rings. The maximum absolute atomic E-state index is 11.4. The Morgan fingerprint density at radius 2 is 2.29 bits per heavy atom. The largest absolute Gasteiger partial charge is 0.465 e. The maximum atomic E-state index is 11.4. The summed E-state index contributed by atoms with van der Waals surface area (Å²) in [4.78, 5) is 11.4. The van der Waals surface area contributed by atoms with Gasteiger partial charge in [0, 0.05) is 5.69 Å². The van der Waals surface area contributed by atoms with Gasteiger partial charge in [0.1, 0.15) is 0 Å². The van der Waals surface area contributed by atoms with Crippen LogP contribution >= 0.6 is 0 Å². The molecule has 1 aromatic carbocycles. The van der Waals surface area contributed by atoms with Gasteiger partial charge in [0.05, 0.1) is 12.7 Å². The molecule has 0 fully saturated rings. The highest BCUT2D eigenvalue weighted by atomic mass is 16.5. The Balaban J connectivity index is 2.81. The van der Waals surface area contributed by atoms with Crippen molar-refractivity contribution >= 4 is 17.7 Å². The molecule has 0 aromatic heterocycles. The summed E-state index contributed by atoms with van der Waals surface area (Å²) >= 11 is 0. The fourth-order valence-electron chi connectivity index (χ4n) is 1.41. The zero-order chi connectivity index (χ0) is 12.7. The van der Waals surface area contributed by atoms with E-state index in [0.29, 0.717) is 11.3 Å². The van der Waals surface area contributed by atoms with Gasteiger partial charge in [-0.2, -0.15) is 0 Å². The summed E-state index contributed by atoms with van der Waals surface area (Å²) in [5.41, 5.74) is 7.49. The molecule has 0 spiro atoms. The van der Waals surface area contributed by atoms with Crippen LogP contribution in [-0.2, 0) is 4.74 Å². The molecule has 0 saturated carbocycles. The fraction of sp³-hybridized carbons (Fsp3) is 0.308. The minimum atomic E-state index is -0.409. The summed E-state index contributed by atoms with van der Waals surface area (Å²) in [6, 6.07) is 5.32. The van der Waals surface area contributed by atoms with Gasteiger partial charge >= 0.3 is 5.97 Å². The molecule has 0 saturated heterocycles. The molecule has 3 N–H and O–H groups in total. The van der Waals surface area contributed by atoms with Crippen molar-refractivity contribution in [3.63, 3.8) is 0 Å². The third kappa shape index (κ3) is 3.92. The minimum absolute atomic E-state index is 0.406. The number of benzene rings is 1. The van der Waals surface area contributed by atoms with Crippen LogP contribution in [0.25, 0.3) is 6.08 Å². The van der Waals surface area contributed by atoms with Gasteiger partial charge in [0.25, 0.3) is 0 Å². The topological polar surface area (TPSA) is 64.3 Å². The molecular formula is C13H18N2O2. The lowest BCUT2D eigenvalue weighted by atomic mass is 10.1. The second kappa shape index (κ2) is 6.70. The Hall–Kier alpha value is -1.81. The maximum Gasteiger partial charge on any atom is 0.339 e. The first kappa shape index (κ1) is 13.3. The van der Waals surface area contributed by atoms with Gasteiger partial charge in [-0.25, -0.2) is 4.79 Å². The highest BCUT2D eigenvalue weighted by molar-refractivity contribution is 5.95. The normalized spacial score (nSPS) is 10.7. The molecular weight excluding hydrogens is 216 g/mol. The molecule has 0 atom stereocenters. The number of rotatable bonds is 5. The van der Waals surface area contributed by atoms with E-state index in [9.17, 15) is 4.79 Å². The smallest absolute Gasteiger partial charge is 0.339 e. The number of esters is 1. The summed E-state index contributed by atoms with van der Waals surface area (Å²) in [6.45, 7) is 0.926. The zero-order valence-corrected chi connectivity index (χ0v) is 10.2. The first-order valence-electron chi connectivity index (χ1n) is 5.48. The van der Waals surface area contributed by atoms with Gasteiger partial charge in [-0.05, 0) is 37.7 Å². The molecule has 0 aliphatic carbocycles. The van der Waals surface area contributed by atoms with Crippen LogP contribution in [0.4, 0.5) is 5.69 Å². The SMILES string of the molecule is CNCCC=Cc1ccc(N)c(C(=O)OC)c1. The van der Waals surface area contributed by atoms with Gasteiger partial charge in [0.15, 0.2) is 0 Å². The van der Waals surface area contributed by atoms with Crippen LogP contribution in [0.1, 0.15) is 22.3 Å². The molecule has 1 aromatic rings. The van der Waals surface area contributed by atoms with Crippen molar-refractivity contribution in [2.75, 3.05) is 26.4 Å². The summed E-state index contributed by atoms with van der Waals surface area (Å²) in [5.74, 6) is -0.409. The predicted octanol–water partition coefficient (Wildman–Crippen LogP) is 1.68. The average molecular weight is 234 g/mol. The number of anilines is 1. The summed E-state index contributed by atoms with van der Waals surface area (Å²) in [6.07, 6.45) is 4.95. The molecule has 92 valence electrons.